The van der Waals surface area contributed by atoms with Gasteiger partial charge in [0.05, 0.1) is 0 Å². The summed E-state index contributed by atoms with van der Waals surface area (Å²) in [5.41, 5.74) is -2.53. The van der Waals surface area contributed by atoms with Crippen LogP contribution >= 0.6 is 0 Å². The van der Waals surface area contributed by atoms with E-state index in [-0.39, 0.29) is 0 Å². The zero-order valence-corrected chi connectivity index (χ0v) is 6.51. The van der Waals surface area contributed by atoms with E-state index in [9.17, 15) is 10.2 Å². The lowest BCUT2D eigenvalue weighted by Gasteiger charge is -2.32. The molecule has 0 aromatic heterocycles. The molecule has 0 saturated heterocycles. The predicted molar refractivity (Wildman–Crippen MR) is 46.5 cm³/mol. The molecule has 0 aromatic rings. The molecule has 2 heteroatoms. The molecule has 0 saturated carbocycles. The zero-order valence-electron chi connectivity index (χ0n) is 6.51. The van der Waals surface area contributed by atoms with E-state index in [1.54, 1.807) is 48.6 Å². The van der Waals surface area contributed by atoms with Gasteiger partial charge in [0.2, 0.25) is 0 Å². The SMILES string of the molecule is OC1(C2(O)C=CC=C2)C=CC=C1. The number of rotatable bonds is 1. The van der Waals surface area contributed by atoms with Crippen LogP contribution in [0.5, 0.6) is 0 Å². The molecule has 62 valence electrons. The first-order chi connectivity index (χ1) is 5.66. The molecule has 0 aromatic carbocycles. The van der Waals surface area contributed by atoms with Crippen molar-refractivity contribution in [1.82, 2.24) is 0 Å². The maximum atomic E-state index is 9.92. The fourth-order valence-electron chi connectivity index (χ4n) is 1.45. The first-order valence-electron chi connectivity index (χ1n) is 3.85. The van der Waals surface area contributed by atoms with E-state index in [1.165, 1.54) is 0 Å². The third-order valence-electron chi connectivity index (χ3n) is 2.27. The van der Waals surface area contributed by atoms with E-state index in [2.05, 4.69) is 0 Å². The van der Waals surface area contributed by atoms with Crippen molar-refractivity contribution in [2.45, 2.75) is 11.2 Å². The molecule has 0 unspecified atom stereocenters. The van der Waals surface area contributed by atoms with Gasteiger partial charge >= 0.3 is 0 Å². The predicted octanol–water partition coefficient (Wildman–Crippen LogP) is 0.701. The maximum absolute atomic E-state index is 9.92. The monoisotopic (exact) mass is 162 g/mol. The maximum Gasteiger partial charge on any atom is 0.137 e. The molecular weight excluding hydrogens is 152 g/mol. The summed E-state index contributed by atoms with van der Waals surface area (Å²) in [6, 6.07) is 0. The van der Waals surface area contributed by atoms with E-state index in [1.807, 2.05) is 0 Å². The highest BCUT2D eigenvalue weighted by molar-refractivity contribution is 5.43. The largest absolute Gasteiger partial charge is 0.378 e. The van der Waals surface area contributed by atoms with Crippen LogP contribution in [-0.4, -0.2) is 21.4 Å². The van der Waals surface area contributed by atoms with E-state index in [0.29, 0.717) is 0 Å². The Morgan fingerprint density at radius 2 is 0.833 bits per heavy atom. The second-order valence-corrected chi connectivity index (χ2v) is 3.09. The molecule has 12 heavy (non-hydrogen) atoms. The second kappa shape index (κ2) is 2.19. The Hall–Kier alpha value is -1.12. The van der Waals surface area contributed by atoms with Crippen LogP contribution in [0.4, 0.5) is 0 Å². The van der Waals surface area contributed by atoms with Gasteiger partial charge in [-0.2, -0.15) is 0 Å². The Morgan fingerprint density at radius 1 is 0.583 bits per heavy atom. The molecule has 2 rings (SSSR count). The topological polar surface area (TPSA) is 40.5 Å². The van der Waals surface area contributed by atoms with Crippen LogP contribution in [0.25, 0.3) is 0 Å². The molecule has 2 aliphatic carbocycles. The average molecular weight is 162 g/mol. The van der Waals surface area contributed by atoms with Gasteiger partial charge in [-0.1, -0.05) is 24.3 Å². The first-order valence-corrected chi connectivity index (χ1v) is 3.85. The highest BCUT2D eigenvalue weighted by Crippen LogP contribution is 2.33. The lowest BCUT2D eigenvalue weighted by Crippen LogP contribution is -2.47. The third-order valence-corrected chi connectivity index (χ3v) is 2.27. The molecule has 0 radical (unpaired) electrons. The second-order valence-electron chi connectivity index (χ2n) is 3.09. The third kappa shape index (κ3) is 0.823. The highest BCUT2D eigenvalue weighted by Gasteiger charge is 2.43. The van der Waals surface area contributed by atoms with E-state index < -0.39 is 11.2 Å². The molecular formula is C10H10O2. The van der Waals surface area contributed by atoms with Crippen molar-refractivity contribution in [2.24, 2.45) is 0 Å². The fraction of sp³-hybridized carbons (Fsp3) is 0.200. The number of hydrogen-bond donors (Lipinski definition) is 2. The van der Waals surface area contributed by atoms with Gasteiger partial charge in [0.1, 0.15) is 11.2 Å². The van der Waals surface area contributed by atoms with Crippen molar-refractivity contribution in [3.8, 4) is 0 Å². The summed E-state index contributed by atoms with van der Waals surface area (Å²) >= 11 is 0. The number of allylic oxidation sites excluding steroid dienone is 4. The minimum Gasteiger partial charge on any atom is -0.378 e. The molecule has 2 aliphatic rings. The van der Waals surface area contributed by atoms with Gasteiger partial charge in [-0.15, -0.1) is 0 Å². The van der Waals surface area contributed by atoms with Crippen molar-refractivity contribution in [3.63, 3.8) is 0 Å². The zero-order chi connectivity index (χ0) is 8.66. The summed E-state index contributed by atoms with van der Waals surface area (Å²) < 4.78 is 0. The summed E-state index contributed by atoms with van der Waals surface area (Å²) in [6.45, 7) is 0. The molecule has 2 N–H and O–H groups in total. The Bertz CT molecular complexity index is 252. The van der Waals surface area contributed by atoms with Crippen molar-refractivity contribution in [3.05, 3.63) is 48.6 Å². The minimum absolute atomic E-state index is 1.27. The van der Waals surface area contributed by atoms with Gasteiger partial charge < -0.3 is 10.2 Å². The van der Waals surface area contributed by atoms with Crippen LogP contribution in [0.15, 0.2) is 48.6 Å². The van der Waals surface area contributed by atoms with Crippen molar-refractivity contribution < 1.29 is 10.2 Å². The smallest absolute Gasteiger partial charge is 0.137 e. The molecule has 0 fully saturated rings. The lowest BCUT2D eigenvalue weighted by atomic mass is 9.85. The Labute approximate surface area is 70.8 Å². The Morgan fingerprint density at radius 3 is 1.08 bits per heavy atom. The van der Waals surface area contributed by atoms with Crippen LogP contribution < -0.4 is 0 Å². The summed E-state index contributed by atoms with van der Waals surface area (Å²) in [5.74, 6) is 0. The molecule has 0 heterocycles. The number of hydrogen-bond acceptors (Lipinski definition) is 2. The summed E-state index contributed by atoms with van der Waals surface area (Å²) in [7, 11) is 0. The Kier molecular flexibility index (Phi) is 1.37. The summed E-state index contributed by atoms with van der Waals surface area (Å²) in [5, 5.41) is 19.8. The van der Waals surface area contributed by atoms with E-state index in [4.69, 9.17) is 0 Å². The summed E-state index contributed by atoms with van der Waals surface area (Å²) in [4.78, 5) is 0. The van der Waals surface area contributed by atoms with Gasteiger partial charge in [0, 0.05) is 0 Å². The standard InChI is InChI=1S/C10H10O2/c11-9(5-1-2-6-9)10(12)7-3-4-8-10/h1-8,11-12H. The van der Waals surface area contributed by atoms with Crippen LogP contribution in [-0.2, 0) is 0 Å². The van der Waals surface area contributed by atoms with E-state index >= 15 is 0 Å². The minimum atomic E-state index is -1.27. The lowest BCUT2D eigenvalue weighted by molar-refractivity contribution is -0.0264. The quantitative estimate of drug-likeness (QED) is 0.596. The normalized spacial score (nSPS) is 27.2. The molecule has 0 spiro atoms. The average Bonchev–Trinajstić information content (AvgIpc) is 2.60. The molecule has 0 aliphatic heterocycles. The van der Waals surface area contributed by atoms with Gasteiger partial charge in [-0.05, 0) is 24.3 Å². The van der Waals surface area contributed by atoms with Crippen LogP contribution in [0, 0.1) is 0 Å². The van der Waals surface area contributed by atoms with Gasteiger partial charge in [-0.3, -0.25) is 0 Å². The summed E-state index contributed by atoms with van der Waals surface area (Å²) in [6.07, 6.45) is 13.2. The van der Waals surface area contributed by atoms with Crippen LogP contribution in [0.3, 0.4) is 0 Å². The van der Waals surface area contributed by atoms with Gasteiger partial charge in [0.25, 0.3) is 0 Å². The fourth-order valence-corrected chi connectivity index (χ4v) is 1.45. The van der Waals surface area contributed by atoms with Crippen molar-refractivity contribution in [1.29, 1.82) is 0 Å². The van der Waals surface area contributed by atoms with Gasteiger partial charge in [-0.25, -0.2) is 0 Å². The molecule has 2 nitrogen and oxygen atoms in total. The highest BCUT2D eigenvalue weighted by atomic mass is 16.4. The molecule has 0 atom stereocenters. The van der Waals surface area contributed by atoms with Crippen molar-refractivity contribution >= 4 is 0 Å². The van der Waals surface area contributed by atoms with Crippen LogP contribution in [0.2, 0.25) is 0 Å². The van der Waals surface area contributed by atoms with Crippen LogP contribution in [0.1, 0.15) is 0 Å². The van der Waals surface area contributed by atoms with E-state index in [0.717, 1.165) is 0 Å². The Balaban J connectivity index is 2.41. The van der Waals surface area contributed by atoms with Crippen molar-refractivity contribution in [2.75, 3.05) is 0 Å². The van der Waals surface area contributed by atoms with Gasteiger partial charge in [0.15, 0.2) is 0 Å². The molecule has 0 amide bonds. The molecule has 0 bridgehead atoms. The first kappa shape index (κ1) is 7.53. The number of aliphatic hydroxyl groups is 2.